The first-order valence-corrected chi connectivity index (χ1v) is 6.59. The molecule has 0 spiro atoms. The lowest BCUT2D eigenvalue weighted by Crippen LogP contribution is -2.00. The van der Waals surface area contributed by atoms with Crippen molar-refractivity contribution in [1.82, 2.24) is 0 Å². The highest BCUT2D eigenvalue weighted by atomic mass is 16.5. The standard InChI is InChI=1S/C17H18O3/c1-11(2)13-5-4-6-14(10-13)20-16-9-12(3)7-8-15(16)17(18)19/h4-11H,1-3H3,(H,18,19). The lowest BCUT2D eigenvalue weighted by molar-refractivity contribution is 0.0694. The Morgan fingerprint density at radius 2 is 1.90 bits per heavy atom. The topological polar surface area (TPSA) is 46.5 Å². The molecule has 0 radical (unpaired) electrons. The number of hydrogen-bond donors (Lipinski definition) is 1. The number of ether oxygens (including phenoxy) is 1. The number of carboxylic acids is 1. The molecule has 2 aromatic rings. The van der Waals surface area contributed by atoms with Gasteiger partial charge >= 0.3 is 5.97 Å². The minimum Gasteiger partial charge on any atom is -0.478 e. The normalized spacial score (nSPS) is 10.6. The molecule has 104 valence electrons. The van der Waals surface area contributed by atoms with Crippen molar-refractivity contribution in [3.63, 3.8) is 0 Å². The molecule has 0 aliphatic heterocycles. The molecule has 0 aliphatic rings. The maximum absolute atomic E-state index is 11.2. The minimum absolute atomic E-state index is 0.172. The summed E-state index contributed by atoms with van der Waals surface area (Å²) >= 11 is 0. The molecule has 3 heteroatoms. The van der Waals surface area contributed by atoms with E-state index in [-0.39, 0.29) is 5.56 Å². The molecular weight excluding hydrogens is 252 g/mol. The van der Waals surface area contributed by atoms with Crippen LogP contribution in [0.2, 0.25) is 0 Å². The van der Waals surface area contributed by atoms with Gasteiger partial charge in [-0.3, -0.25) is 0 Å². The highest BCUT2D eigenvalue weighted by Gasteiger charge is 2.12. The zero-order valence-corrected chi connectivity index (χ0v) is 11.9. The van der Waals surface area contributed by atoms with Crippen LogP contribution in [0.4, 0.5) is 0 Å². The van der Waals surface area contributed by atoms with Crippen LogP contribution in [-0.4, -0.2) is 11.1 Å². The van der Waals surface area contributed by atoms with Crippen LogP contribution in [0.1, 0.15) is 41.3 Å². The molecule has 0 atom stereocenters. The molecule has 0 heterocycles. The Kier molecular flexibility index (Phi) is 4.08. The summed E-state index contributed by atoms with van der Waals surface area (Å²) in [6.07, 6.45) is 0. The molecule has 0 saturated carbocycles. The minimum atomic E-state index is -0.986. The third-order valence-electron chi connectivity index (χ3n) is 3.12. The second kappa shape index (κ2) is 5.78. The second-order valence-electron chi connectivity index (χ2n) is 5.13. The SMILES string of the molecule is Cc1ccc(C(=O)O)c(Oc2cccc(C(C)C)c2)c1. The predicted octanol–water partition coefficient (Wildman–Crippen LogP) is 4.61. The van der Waals surface area contributed by atoms with Gasteiger partial charge in [0.2, 0.25) is 0 Å². The molecular formula is C17H18O3. The Hall–Kier alpha value is -2.29. The number of carbonyl (C=O) groups is 1. The molecule has 2 aromatic carbocycles. The fraction of sp³-hybridized carbons (Fsp3) is 0.235. The molecule has 1 N–H and O–H groups in total. The van der Waals surface area contributed by atoms with Gasteiger partial charge in [0.1, 0.15) is 17.1 Å². The molecule has 2 rings (SSSR count). The van der Waals surface area contributed by atoms with Crippen molar-refractivity contribution in [3.8, 4) is 11.5 Å². The smallest absolute Gasteiger partial charge is 0.339 e. The number of rotatable bonds is 4. The summed E-state index contributed by atoms with van der Waals surface area (Å²) in [5.41, 5.74) is 2.29. The summed E-state index contributed by atoms with van der Waals surface area (Å²) in [6.45, 7) is 6.12. The van der Waals surface area contributed by atoms with E-state index < -0.39 is 5.97 Å². The molecule has 0 aliphatic carbocycles. The van der Waals surface area contributed by atoms with Crippen LogP contribution in [0, 0.1) is 6.92 Å². The van der Waals surface area contributed by atoms with Crippen LogP contribution in [0.25, 0.3) is 0 Å². The fourth-order valence-electron chi connectivity index (χ4n) is 1.95. The van der Waals surface area contributed by atoms with Gasteiger partial charge in [-0.05, 0) is 48.2 Å². The largest absolute Gasteiger partial charge is 0.478 e. The number of benzene rings is 2. The highest BCUT2D eigenvalue weighted by Crippen LogP contribution is 2.28. The first kappa shape index (κ1) is 14.1. The summed E-state index contributed by atoms with van der Waals surface area (Å²) in [5, 5.41) is 9.20. The van der Waals surface area contributed by atoms with Crippen LogP contribution >= 0.6 is 0 Å². The van der Waals surface area contributed by atoms with Crippen LogP contribution < -0.4 is 4.74 Å². The molecule has 0 aromatic heterocycles. The van der Waals surface area contributed by atoms with E-state index in [1.165, 1.54) is 0 Å². The number of carboxylic acid groups (broad SMARTS) is 1. The number of aryl methyl sites for hydroxylation is 1. The van der Waals surface area contributed by atoms with E-state index in [1.54, 1.807) is 18.2 Å². The third-order valence-corrected chi connectivity index (χ3v) is 3.12. The van der Waals surface area contributed by atoms with Crippen LogP contribution in [0.15, 0.2) is 42.5 Å². The second-order valence-corrected chi connectivity index (χ2v) is 5.13. The van der Waals surface area contributed by atoms with Gasteiger partial charge in [-0.1, -0.05) is 32.0 Å². The van der Waals surface area contributed by atoms with E-state index in [2.05, 4.69) is 13.8 Å². The molecule has 0 fully saturated rings. The van der Waals surface area contributed by atoms with Gasteiger partial charge in [-0.15, -0.1) is 0 Å². The van der Waals surface area contributed by atoms with Crippen molar-refractivity contribution in [2.75, 3.05) is 0 Å². The Bertz CT molecular complexity index is 630. The predicted molar refractivity (Wildman–Crippen MR) is 78.7 cm³/mol. The van der Waals surface area contributed by atoms with E-state index in [1.807, 2.05) is 31.2 Å². The Labute approximate surface area is 118 Å². The highest BCUT2D eigenvalue weighted by molar-refractivity contribution is 5.91. The summed E-state index contributed by atoms with van der Waals surface area (Å²) < 4.78 is 5.76. The maximum Gasteiger partial charge on any atom is 0.339 e. The van der Waals surface area contributed by atoms with Crippen LogP contribution in [0.5, 0.6) is 11.5 Å². The van der Waals surface area contributed by atoms with Crippen LogP contribution in [-0.2, 0) is 0 Å². The van der Waals surface area contributed by atoms with Crippen molar-refractivity contribution < 1.29 is 14.6 Å². The Balaban J connectivity index is 2.36. The average molecular weight is 270 g/mol. The third kappa shape index (κ3) is 3.18. The van der Waals surface area contributed by atoms with Gasteiger partial charge < -0.3 is 9.84 Å². The maximum atomic E-state index is 11.2. The summed E-state index contributed by atoms with van der Waals surface area (Å²) in [4.78, 5) is 11.2. The first-order valence-electron chi connectivity index (χ1n) is 6.59. The summed E-state index contributed by atoms with van der Waals surface area (Å²) in [6, 6.07) is 12.8. The molecule has 0 amide bonds. The van der Waals surface area contributed by atoms with Gasteiger partial charge in [0, 0.05) is 0 Å². The van der Waals surface area contributed by atoms with E-state index in [9.17, 15) is 9.90 Å². The van der Waals surface area contributed by atoms with E-state index in [0.29, 0.717) is 17.4 Å². The number of hydrogen-bond acceptors (Lipinski definition) is 2. The summed E-state index contributed by atoms with van der Waals surface area (Å²) in [7, 11) is 0. The van der Waals surface area contributed by atoms with Crippen molar-refractivity contribution in [1.29, 1.82) is 0 Å². The Morgan fingerprint density at radius 3 is 2.55 bits per heavy atom. The first-order chi connectivity index (χ1) is 9.47. The van der Waals surface area contributed by atoms with Crippen molar-refractivity contribution in [2.24, 2.45) is 0 Å². The lowest BCUT2D eigenvalue weighted by Gasteiger charge is -2.12. The van der Waals surface area contributed by atoms with Crippen molar-refractivity contribution >= 4 is 5.97 Å². The van der Waals surface area contributed by atoms with E-state index in [4.69, 9.17) is 4.74 Å². The monoisotopic (exact) mass is 270 g/mol. The zero-order valence-electron chi connectivity index (χ0n) is 11.9. The summed E-state index contributed by atoms with van der Waals surface area (Å²) in [5.74, 6) is 0.442. The van der Waals surface area contributed by atoms with Gasteiger partial charge in [0.15, 0.2) is 0 Å². The molecule has 0 saturated heterocycles. The van der Waals surface area contributed by atoms with Crippen molar-refractivity contribution in [2.45, 2.75) is 26.7 Å². The Morgan fingerprint density at radius 1 is 1.15 bits per heavy atom. The molecule has 3 nitrogen and oxygen atoms in total. The fourth-order valence-corrected chi connectivity index (χ4v) is 1.95. The van der Waals surface area contributed by atoms with E-state index >= 15 is 0 Å². The molecule has 20 heavy (non-hydrogen) atoms. The van der Waals surface area contributed by atoms with Gasteiger partial charge in [0.05, 0.1) is 0 Å². The molecule has 0 unspecified atom stereocenters. The van der Waals surface area contributed by atoms with Gasteiger partial charge in [-0.2, -0.15) is 0 Å². The quantitative estimate of drug-likeness (QED) is 0.882. The average Bonchev–Trinajstić information content (AvgIpc) is 2.38. The van der Waals surface area contributed by atoms with Gasteiger partial charge in [0.25, 0.3) is 0 Å². The lowest BCUT2D eigenvalue weighted by atomic mass is 10.0. The zero-order chi connectivity index (χ0) is 14.7. The molecule has 0 bridgehead atoms. The van der Waals surface area contributed by atoms with Crippen molar-refractivity contribution in [3.05, 3.63) is 59.2 Å². The number of aromatic carboxylic acids is 1. The van der Waals surface area contributed by atoms with Crippen LogP contribution in [0.3, 0.4) is 0 Å². The van der Waals surface area contributed by atoms with E-state index in [0.717, 1.165) is 11.1 Å². The van der Waals surface area contributed by atoms with Gasteiger partial charge in [-0.25, -0.2) is 4.79 Å².